The van der Waals surface area contributed by atoms with Crippen LogP contribution in [0.15, 0.2) is 0 Å². The van der Waals surface area contributed by atoms with Gasteiger partial charge in [-0.2, -0.15) is 0 Å². The van der Waals surface area contributed by atoms with Crippen molar-refractivity contribution >= 4 is 5.78 Å². The average Bonchev–Trinajstić information content (AvgIpc) is 2.77. The van der Waals surface area contributed by atoms with Crippen LogP contribution in [0.2, 0.25) is 0 Å². The minimum Gasteiger partial charge on any atom is -0.393 e. The second-order valence-corrected chi connectivity index (χ2v) is 9.14. The predicted octanol–water partition coefficient (Wildman–Crippen LogP) is 2.93. The van der Waals surface area contributed by atoms with Crippen LogP contribution in [0.5, 0.6) is 0 Å². The predicted molar refractivity (Wildman–Crippen MR) is 84.1 cm³/mol. The highest BCUT2D eigenvalue weighted by Crippen LogP contribution is 2.65. The van der Waals surface area contributed by atoms with E-state index in [1.807, 2.05) is 0 Å². The summed E-state index contributed by atoms with van der Waals surface area (Å²) in [6.45, 7) is 4.55. The molecule has 124 valence electrons. The minimum absolute atomic E-state index is 0.113. The van der Waals surface area contributed by atoms with E-state index in [1.54, 1.807) is 0 Å². The fourth-order valence-electron chi connectivity index (χ4n) is 7.05. The molecule has 0 amide bonds. The van der Waals surface area contributed by atoms with Crippen LogP contribution < -0.4 is 0 Å². The van der Waals surface area contributed by atoms with Crippen molar-refractivity contribution in [2.75, 3.05) is 0 Å². The maximum Gasteiger partial charge on any atom is 0.139 e. The van der Waals surface area contributed by atoms with E-state index in [0.29, 0.717) is 23.5 Å². The lowest BCUT2D eigenvalue weighted by molar-refractivity contribution is -0.170. The summed E-state index contributed by atoms with van der Waals surface area (Å²) >= 11 is 0. The second-order valence-electron chi connectivity index (χ2n) is 9.14. The molecule has 0 aromatic heterocycles. The Labute approximate surface area is 133 Å². The molecule has 0 radical (unpaired) electrons. The summed E-state index contributed by atoms with van der Waals surface area (Å²) in [5, 5.41) is 20.8. The Bertz CT molecular complexity index is 489. The van der Waals surface area contributed by atoms with Crippen molar-refractivity contribution in [3.05, 3.63) is 0 Å². The van der Waals surface area contributed by atoms with E-state index in [2.05, 4.69) is 13.8 Å². The molecule has 4 saturated carbocycles. The number of aliphatic hydroxyl groups excluding tert-OH is 2. The molecule has 0 aliphatic heterocycles. The molecule has 0 spiro atoms. The Hall–Kier alpha value is -0.410. The van der Waals surface area contributed by atoms with Crippen LogP contribution in [0.4, 0.5) is 0 Å². The molecule has 4 rings (SSSR count). The molecule has 0 unspecified atom stereocenters. The lowest BCUT2D eigenvalue weighted by Gasteiger charge is -2.61. The summed E-state index contributed by atoms with van der Waals surface area (Å²) in [6.07, 6.45) is 6.97. The fourth-order valence-corrected chi connectivity index (χ4v) is 7.05. The van der Waals surface area contributed by atoms with Crippen molar-refractivity contribution in [1.29, 1.82) is 0 Å². The van der Waals surface area contributed by atoms with Crippen molar-refractivity contribution in [1.82, 2.24) is 0 Å². The van der Waals surface area contributed by atoms with E-state index in [-0.39, 0.29) is 29.0 Å². The first-order valence-electron chi connectivity index (χ1n) is 9.25. The standard InChI is InChI=1S/C19H30O3/c1-18-7-5-11(20)9-15(18)16(21)10-12-13-3-4-17(22)19(13,2)8-6-14(12)18/h11-16,20-21H,3-10H2,1-2H3/t11-,12+,13+,14+,15-,16-,18-,19+/m1/s1. The third-order valence-electron chi connectivity index (χ3n) is 8.36. The van der Waals surface area contributed by atoms with Gasteiger partial charge in [0.15, 0.2) is 0 Å². The monoisotopic (exact) mass is 306 g/mol. The van der Waals surface area contributed by atoms with E-state index in [0.717, 1.165) is 51.4 Å². The van der Waals surface area contributed by atoms with E-state index in [4.69, 9.17) is 0 Å². The van der Waals surface area contributed by atoms with Gasteiger partial charge in [0.25, 0.3) is 0 Å². The highest BCUT2D eigenvalue weighted by molar-refractivity contribution is 5.87. The van der Waals surface area contributed by atoms with Gasteiger partial charge >= 0.3 is 0 Å². The van der Waals surface area contributed by atoms with Crippen molar-refractivity contribution in [3.63, 3.8) is 0 Å². The van der Waals surface area contributed by atoms with Gasteiger partial charge < -0.3 is 10.2 Å². The molecule has 4 aliphatic carbocycles. The van der Waals surface area contributed by atoms with Gasteiger partial charge in [-0.15, -0.1) is 0 Å². The number of Topliss-reactive ketones (excluding diaryl/α,β-unsaturated/α-hetero) is 1. The highest BCUT2D eigenvalue weighted by atomic mass is 16.3. The lowest BCUT2D eigenvalue weighted by Crippen LogP contribution is -2.58. The summed E-state index contributed by atoms with van der Waals surface area (Å²) in [7, 11) is 0. The molecule has 0 bridgehead atoms. The summed E-state index contributed by atoms with van der Waals surface area (Å²) in [5.41, 5.74) is 0.0484. The number of carbonyl (C=O) groups excluding carboxylic acids is 1. The molecule has 0 heterocycles. The average molecular weight is 306 g/mol. The number of hydrogen-bond donors (Lipinski definition) is 2. The van der Waals surface area contributed by atoms with Gasteiger partial charge in [0.1, 0.15) is 5.78 Å². The third kappa shape index (κ3) is 1.84. The van der Waals surface area contributed by atoms with Crippen LogP contribution in [0, 0.1) is 34.5 Å². The molecule has 22 heavy (non-hydrogen) atoms. The smallest absolute Gasteiger partial charge is 0.139 e. The van der Waals surface area contributed by atoms with Crippen molar-refractivity contribution < 1.29 is 15.0 Å². The summed E-state index contributed by atoms with van der Waals surface area (Å²) in [5.74, 6) is 2.35. The van der Waals surface area contributed by atoms with E-state index >= 15 is 0 Å². The Balaban J connectivity index is 1.68. The number of ketones is 1. The first-order valence-corrected chi connectivity index (χ1v) is 9.25. The van der Waals surface area contributed by atoms with Crippen molar-refractivity contribution in [3.8, 4) is 0 Å². The van der Waals surface area contributed by atoms with Crippen LogP contribution in [0.1, 0.15) is 65.2 Å². The number of carbonyl (C=O) groups is 1. The molecule has 2 N–H and O–H groups in total. The second kappa shape index (κ2) is 4.80. The van der Waals surface area contributed by atoms with Crippen LogP contribution in [-0.2, 0) is 4.79 Å². The number of aliphatic hydroxyl groups is 2. The van der Waals surface area contributed by atoms with Gasteiger partial charge in [-0.3, -0.25) is 4.79 Å². The minimum atomic E-state index is -0.292. The molecule has 0 aromatic carbocycles. The maximum atomic E-state index is 12.4. The van der Waals surface area contributed by atoms with Gasteiger partial charge in [-0.25, -0.2) is 0 Å². The fraction of sp³-hybridized carbons (Fsp3) is 0.947. The van der Waals surface area contributed by atoms with Gasteiger partial charge in [0, 0.05) is 11.8 Å². The summed E-state index contributed by atoms with van der Waals surface area (Å²) < 4.78 is 0. The van der Waals surface area contributed by atoms with Crippen molar-refractivity contribution in [2.45, 2.75) is 77.4 Å². The number of hydrogen-bond acceptors (Lipinski definition) is 3. The van der Waals surface area contributed by atoms with E-state index in [9.17, 15) is 15.0 Å². The Kier molecular flexibility index (Phi) is 3.30. The van der Waals surface area contributed by atoms with Crippen LogP contribution in [0.3, 0.4) is 0 Å². The normalized spacial score (nSPS) is 57.9. The quantitative estimate of drug-likeness (QED) is 0.723. The molecule has 3 nitrogen and oxygen atoms in total. The van der Waals surface area contributed by atoms with Gasteiger partial charge in [-0.05, 0) is 74.0 Å². The molecular formula is C19H30O3. The summed E-state index contributed by atoms with van der Waals surface area (Å²) in [6, 6.07) is 0. The topological polar surface area (TPSA) is 57.5 Å². The van der Waals surface area contributed by atoms with Crippen LogP contribution >= 0.6 is 0 Å². The van der Waals surface area contributed by atoms with E-state index < -0.39 is 0 Å². The molecule has 3 heteroatoms. The molecule has 0 aromatic rings. The van der Waals surface area contributed by atoms with Crippen LogP contribution in [0.25, 0.3) is 0 Å². The molecule has 0 saturated heterocycles. The van der Waals surface area contributed by atoms with Gasteiger partial charge in [-0.1, -0.05) is 13.8 Å². The Morgan fingerprint density at radius 3 is 2.50 bits per heavy atom. The third-order valence-corrected chi connectivity index (χ3v) is 8.36. The largest absolute Gasteiger partial charge is 0.393 e. The number of fused-ring (bicyclic) bond motifs is 5. The maximum absolute atomic E-state index is 12.4. The van der Waals surface area contributed by atoms with E-state index in [1.165, 1.54) is 0 Å². The summed E-state index contributed by atoms with van der Waals surface area (Å²) in [4.78, 5) is 12.4. The zero-order valence-corrected chi connectivity index (χ0v) is 13.9. The van der Waals surface area contributed by atoms with Gasteiger partial charge in [0.2, 0.25) is 0 Å². The first kappa shape index (κ1) is 15.1. The molecule has 4 aliphatic rings. The molecule has 8 atom stereocenters. The van der Waals surface area contributed by atoms with Crippen molar-refractivity contribution in [2.24, 2.45) is 34.5 Å². The molecule has 4 fully saturated rings. The van der Waals surface area contributed by atoms with Gasteiger partial charge in [0.05, 0.1) is 12.2 Å². The first-order chi connectivity index (χ1) is 10.4. The highest BCUT2D eigenvalue weighted by Gasteiger charge is 2.61. The molecular weight excluding hydrogens is 276 g/mol. The Morgan fingerprint density at radius 1 is 0.955 bits per heavy atom. The lowest BCUT2D eigenvalue weighted by atomic mass is 9.44. The van der Waals surface area contributed by atoms with Crippen LogP contribution in [-0.4, -0.2) is 28.2 Å². The number of rotatable bonds is 0. The zero-order chi connectivity index (χ0) is 15.7. The SMILES string of the molecule is C[C@]12CC[C@@H](O)C[C@@H]1[C@H](O)C[C@@H]1[C@@H]2CC[C@]2(C)C(=O)CC[C@@H]12. The zero-order valence-electron chi connectivity index (χ0n) is 13.9. The Morgan fingerprint density at radius 2 is 1.73 bits per heavy atom.